The number of nitrogens with zero attached hydrogens (tertiary/aromatic N) is 1. The fourth-order valence-corrected chi connectivity index (χ4v) is 2.57. The molecule has 0 bridgehead atoms. The van der Waals surface area contributed by atoms with Crippen LogP contribution in [0.5, 0.6) is 0 Å². The summed E-state index contributed by atoms with van der Waals surface area (Å²) in [5.74, 6) is -0.697. The van der Waals surface area contributed by atoms with Crippen molar-refractivity contribution in [1.82, 2.24) is 4.90 Å². The van der Waals surface area contributed by atoms with Gasteiger partial charge in [0.25, 0.3) is 5.91 Å². The van der Waals surface area contributed by atoms with Gasteiger partial charge in [-0.25, -0.2) is 4.39 Å². The lowest BCUT2D eigenvalue weighted by Crippen LogP contribution is -2.35. The highest BCUT2D eigenvalue weighted by molar-refractivity contribution is 5.95. The Hall–Kier alpha value is -2.42. The third-order valence-corrected chi connectivity index (χ3v) is 3.75. The Morgan fingerprint density at radius 1 is 1.00 bits per heavy atom. The third-order valence-electron chi connectivity index (χ3n) is 3.75. The second-order valence-electron chi connectivity index (χ2n) is 5.08. The Balaban J connectivity index is 1.75. The van der Waals surface area contributed by atoms with Crippen LogP contribution in [0.1, 0.15) is 22.3 Å². The van der Waals surface area contributed by atoms with Gasteiger partial charge in [0.2, 0.25) is 0 Å². The molecule has 0 aliphatic carbocycles. The van der Waals surface area contributed by atoms with E-state index in [9.17, 15) is 9.18 Å². The molecule has 0 fully saturated rings. The molecule has 2 aromatic carbocycles. The van der Waals surface area contributed by atoms with E-state index in [1.807, 2.05) is 18.2 Å². The van der Waals surface area contributed by atoms with Crippen molar-refractivity contribution in [3.63, 3.8) is 0 Å². The average molecular weight is 281 g/mol. The first-order valence-corrected chi connectivity index (χ1v) is 7.04. The lowest BCUT2D eigenvalue weighted by atomic mass is 9.99. The zero-order chi connectivity index (χ0) is 14.7. The summed E-state index contributed by atoms with van der Waals surface area (Å²) in [6.45, 7) is 1.14. The lowest BCUT2D eigenvalue weighted by molar-refractivity contribution is 0.0768. The summed E-state index contributed by atoms with van der Waals surface area (Å²) >= 11 is 0. The van der Waals surface area contributed by atoms with E-state index >= 15 is 0 Å². The standard InChI is InChI=1S/C18H16FNO/c19-17-9-5-4-8-16(17)18(21)20-12-10-15(11-13-20)14-6-2-1-3-7-14/h1-10H,11-13H2. The monoisotopic (exact) mass is 281 g/mol. The van der Waals surface area contributed by atoms with Gasteiger partial charge in [-0.3, -0.25) is 4.79 Å². The van der Waals surface area contributed by atoms with Gasteiger partial charge in [0.05, 0.1) is 5.56 Å². The topological polar surface area (TPSA) is 20.3 Å². The predicted octanol–water partition coefficient (Wildman–Crippen LogP) is 3.76. The molecule has 0 saturated heterocycles. The van der Waals surface area contributed by atoms with Gasteiger partial charge in [0.15, 0.2) is 0 Å². The fourth-order valence-electron chi connectivity index (χ4n) is 2.57. The number of carbonyl (C=O) groups excluding carboxylic acids is 1. The van der Waals surface area contributed by atoms with Crippen LogP contribution in [0.2, 0.25) is 0 Å². The van der Waals surface area contributed by atoms with Gasteiger partial charge >= 0.3 is 0 Å². The Labute approximate surface area is 123 Å². The molecule has 2 aromatic rings. The Kier molecular flexibility index (Phi) is 3.82. The van der Waals surface area contributed by atoms with Crippen LogP contribution in [0.4, 0.5) is 4.39 Å². The summed E-state index contributed by atoms with van der Waals surface area (Å²) in [4.78, 5) is 14.0. The minimum atomic E-state index is -0.458. The highest BCUT2D eigenvalue weighted by atomic mass is 19.1. The van der Waals surface area contributed by atoms with Gasteiger partial charge in [-0.05, 0) is 29.7 Å². The summed E-state index contributed by atoms with van der Waals surface area (Å²) < 4.78 is 13.7. The predicted molar refractivity (Wildman–Crippen MR) is 81.3 cm³/mol. The van der Waals surface area contributed by atoms with Crippen LogP contribution in [0.15, 0.2) is 60.7 Å². The van der Waals surface area contributed by atoms with E-state index < -0.39 is 5.82 Å². The second kappa shape index (κ2) is 5.92. The molecular weight excluding hydrogens is 265 g/mol. The van der Waals surface area contributed by atoms with Crippen molar-refractivity contribution in [2.45, 2.75) is 6.42 Å². The largest absolute Gasteiger partial charge is 0.334 e. The summed E-state index contributed by atoms with van der Waals surface area (Å²) in [6, 6.07) is 16.3. The van der Waals surface area contributed by atoms with E-state index in [1.54, 1.807) is 17.0 Å². The van der Waals surface area contributed by atoms with E-state index in [0.29, 0.717) is 13.1 Å². The van der Waals surface area contributed by atoms with Crippen LogP contribution in [-0.4, -0.2) is 23.9 Å². The molecule has 0 aromatic heterocycles. The molecule has 1 amide bonds. The SMILES string of the molecule is O=C(c1ccccc1F)N1CC=C(c2ccccc2)CC1. The van der Waals surface area contributed by atoms with Gasteiger partial charge in [0, 0.05) is 13.1 Å². The molecule has 3 heteroatoms. The Morgan fingerprint density at radius 2 is 1.71 bits per heavy atom. The molecule has 0 radical (unpaired) electrons. The first-order chi connectivity index (χ1) is 10.3. The van der Waals surface area contributed by atoms with Crippen LogP contribution in [-0.2, 0) is 0 Å². The van der Waals surface area contributed by atoms with E-state index in [1.165, 1.54) is 23.3 Å². The highest BCUT2D eigenvalue weighted by Gasteiger charge is 2.21. The summed E-state index contributed by atoms with van der Waals surface area (Å²) in [7, 11) is 0. The summed E-state index contributed by atoms with van der Waals surface area (Å²) in [5, 5.41) is 0. The molecule has 0 spiro atoms. The maximum Gasteiger partial charge on any atom is 0.257 e. The zero-order valence-corrected chi connectivity index (χ0v) is 11.6. The molecule has 21 heavy (non-hydrogen) atoms. The van der Waals surface area contributed by atoms with E-state index in [2.05, 4.69) is 18.2 Å². The first-order valence-electron chi connectivity index (χ1n) is 7.04. The van der Waals surface area contributed by atoms with Crippen molar-refractivity contribution in [3.05, 3.63) is 77.6 Å². The minimum Gasteiger partial charge on any atom is -0.334 e. The van der Waals surface area contributed by atoms with Crippen LogP contribution < -0.4 is 0 Å². The number of halogens is 1. The molecule has 2 nitrogen and oxygen atoms in total. The Bertz CT molecular complexity index is 679. The third kappa shape index (κ3) is 2.87. The number of hydrogen-bond donors (Lipinski definition) is 0. The lowest BCUT2D eigenvalue weighted by Gasteiger charge is -2.27. The van der Waals surface area contributed by atoms with Crippen LogP contribution in [0.25, 0.3) is 5.57 Å². The molecule has 0 N–H and O–H groups in total. The van der Waals surface area contributed by atoms with Gasteiger partial charge < -0.3 is 4.90 Å². The van der Waals surface area contributed by atoms with Crippen molar-refractivity contribution < 1.29 is 9.18 Å². The molecule has 0 saturated carbocycles. The van der Waals surface area contributed by atoms with Crippen molar-refractivity contribution in [2.75, 3.05) is 13.1 Å². The molecular formula is C18H16FNO. The minimum absolute atomic E-state index is 0.147. The van der Waals surface area contributed by atoms with Crippen LogP contribution in [0.3, 0.4) is 0 Å². The number of benzene rings is 2. The van der Waals surface area contributed by atoms with Crippen LogP contribution in [0, 0.1) is 5.82 Å². The smallest absolute Gasteiger partial charge is 0.257 e. The number of rotatable bonds is 2. The molecule has 106 valence electrons. The van der Waals surface area contributed by atoms with Crippen molar-refractivity contribution in [1.29, 1.82) is 0 Å². The molecule has 1 aliphatic heterocycles. The quantitative estimate of drug-likeness (QED) is 0.821. The maximum atomic E-state index is 13.7. The van der Waals surface area contributed by atoms with Crippen molar-refractivity contribution >= 4 is 11.5 Å². The normalized spacial score (nSPS) is 14.7. The highest BCUT2D eigenvalue weighted by Crippen LogP contribution is 2.23. The van der Waals surface area contributed by atoms with Gasteiger partial charge in [-0.2, -0.15) is 0 Å². The zero-order valence-electron chi connectivity index (χ0n) is 11.6. The van der Waals surface area contributed by atoms with E-state index in [-0.39, 0.29) is 11.5 Å². The fraction of sp³-hybridized carbons (Fsp3) is 0.167. The molecule has 0 atom stereocenters. The summed E-state index contributed by atoms with van der Waals surface area (Å²) in [5.41, 5.74) is 2.58. The van der Waals surface area contributed by atoms with Crippen molar-refractivity contribution in [2.24, 2.45) is 0 Å². The number of hydrogen-bond acceptors (Lipinski definition) is 1. The number of amides is 1. The van der Waals surface area contributed by atoms with Gasteiger partial charge in [0.1, 0.15) is 5.82 Å². The average Bonchev–Trinajstić information content (AvgIpc) is 2.56. The molecule has 0 unspecified atom stereocenters. The molecule has 1 aliphatic rings. The molecule has 1 heterocycles. The van der Waals surface area contributed by atoms with E-state index in [4.69, 9.17) is 0 Å². The summed E-state index contributed by atoms with van der Waals surface area (Å²) in [6.07, 6.45) is 2.85. The maximum absolute atomic E-state index is 13.7. The van der Waals surface area contributed by atoms with Gasteiger partial charge in [-0.1, -0.05) is 48.5 Å². The van der Waals surface area contributed by atoms with Crippen LogP contribution >= 0.6 is 0 Å². The Morgan fingerprint density at radius 3 is 2.38 bits per heavy atom. The van der Waals surface area contributed by atoms with E-state index in [0.717, 1.165) is 6.42 Å². The first kappa shape index (κ1) is 13.6. The molecule has 3 rings (SSSR count). The van der Waals surface area contributed by atoms with Crippen molar-refractivity contribution in [3.8, 4) is 0 Å². The number of carbonyl (C=O) groups is 1. The van der Waals surface area contributed by atoms with Gasteiger partial charge in [-0.15, -0.1) is 0 Å². The second-order valence-corrected chi connectivity index (χ2v) is 5.08.